The topological polar surface area (TPSA) is 53.0 Å². The smallest absolute Gasteiger partial charge is 0.194 e. The SMILES string of the molecule is CCNC(=NCc1ccccc1CN1CC(C)OC(C)C1)N(C)Cc1csc(C)n1.I. The number of rotatable bonds is 7. The Labute approximate surface area is 208 Å². The van der Waals surface area contributed by atoms with Crippen LogP contribution >= 0.6 is 35.3 Å². The third-order valence-corrected chi connectivity index (χ3v) is 5.99. The average Bonchev–Trinajstić information content (AvgIpc) is 3.10. The van der Waals surface area contributed by atoms with Gasteiger partial charge in [0.2, 0.25) is 0 Å². The lowest BCUT2D eigenvalue weighted by Crippen LogP contribution is -2.44. The zero-order chi connectivity index (χ0) is 21.5. The second-order valence-electron chi connectivity index (χ2n) is 8.10. The van der Waals surface area contributed by atoms with Crippen molar-refractivity contribution in [1.82, 2.24) is 20.1 Å². The average molecular weight is 558 g/mol. The fraction of sp³-hybridized carbons (Fsp3) is 0.565. The monoisotopic (exact) mass is 557 g/mol. The molecule has 0 saturated carbocycles. The van der Waals surface area contributed by atoms with Crippen LogP contribution in [0.5, 0.6) is 0 Å². The molecule has 3 rings (SSSR count). The Bertz CT molecular complexity index is 833. The minimum atomic E-state index is 0. The van der Waals surface area contributed by atoms with Crippen LogP contribution in [0.1, 0.15) is 42.6 Å². The van der Waals surface area contributed by atoms with Crippen LogP contribution in [-0.2, 0) is 24.4 Å². The van der Waals surface area contributed by atoms with Gasteiger partial charge in [0, 0.05) is 38.6 Å². The van der Waals surface area contributed by atoms with Crippen LogP contribution < -0.4 is 5.32 Å². The Hall–Kier alpha value is -1.23. The minimum Gasteiger partial charge on any atom is -0.373 e. The highest BCUT2D eigenvalue weighted by Gasteiger charge is 2.22. The zero-order valence-electron chi connectivity index (χ0n) is 19.3. The molecule has 31 heavy (non-hydrogen) atoms. The van der Waals surface area contributed by atoms with Crippen molar-refractivity contribution in [3.63, 3.8) is 0 Å². The molecule has 0 aliphatic carbocycles. The fourth-order valence-corrected chi connectivity index (χ4v) is 4.55. The Morgan fingerprint density at radius 2 is 1.94 bits per heavy atom. The molecule has 0 amide bonds. The number of aromatic nitrogens is 1. The lowest BCUT2D eigenvalue weighted by Gasteiger charge is -2.35. The van der Waals surface area contributed by atoms with Gasteiger partial charge in [-0.25, -0.2) is 9.98 Å². The Morgan fingerprint density at radius 1 is 1.26 bits per heavy atom. The van der Waals surface area contributed by atoms with Crippen LogP contribution in [0.15, 0.2) is 34.6 Å². The van der Waals surface area contributed by atoms with Crippen LogP contribution in [0.25, 0.3) is 0 Å². The standard InChI is InChI=1S/C23H35N5OS.HI/c1-6-24-23(27(5)15-22-16-30-19(4)26-22)25-11-20-9-7-8-10-21(20)14-28-12-17(2)29-18(3)13-28;/h7-10,16-18H,6,11-15H2,1-5H3,(H,24,25);1H. The summed E-state index contributed by atoms with van der Waals surface area (Å²) in [6.45, 7) is 13.6. The van der Waals surface area contributed by atoms with Crippen LogP contribution in [0.3, 0.4) is 0 Å². The summed E-state index contributed by atoms with van der Waals surface area (Å²) in [6.07, 6.45) is 0.560. The maximum Gasteiger partial charge on any atom is 0.194 e. The summed E-state index contributed by atoms with van der Waals surface area (Å²) in [7, 11) is 2.07. The summed E-state index contributed by atoms with van der Waals surface area (Å²) >= 11 is 1.69. The van der Waals surface area contributed by atoms with E-state index in [4.69, 9.17) is 9.73 Å². The van der Waals surface area contributed by atoms with E-state index in [0.717, 1.165) is 49.4 Å². The van der Waals surface area contributed by atoms with E-state index >= 15 is 0 Å². The summed E-state index contributed by atoms with van der Waals surface area (Å²) in [5.74, 6) is 0.909. The van der Waals surface area contributed by atoms with E-state index in [9.17, 15) is 0 Å². The van der Waals surface area contributed by atoms with Crippen molar-refractivity contribution in [2.75, 3.05) is 26.7 Å². The second kappa shape index (κ2) is 12.7. The van der Waals surface area contributed by atoms with E-state index in [-0.39, 0.29) is 36.2 Å². The molecular weight excluding hydrogens is 521 g/mol. The molecule has 8 heteroatoms. The molecule has 1 aromatic carbocycles. The lowest BCUT2D eigenvalue weighted by atomic mass is 10.1. The molecule has 1 aliphatic heterocycles. The molecule has 6 nitrogen and oxygen atoms in total. The first kappa shape index (κ1) is 26.0. The number of halogens is 1. The third-order valence-electron chi connectivity index (χ3n) is 5.17. The zero-order valence-corrected chi connectivity index (χ0v) is 22.4. The lowest BCUT2D eigenvalue weighted by molar-refractivity contribution is -0.0705. The number of ether oxygens (including phenoxy) is 1. The van der Waals surface area contributed by atoms with Crippen molar-refractivity contribution in [3.8, 4) is 0 Å². The van der Waals surface area contributed by atoms with Gasteiger partial charge in [0.25, 0.3) is 0 Å². The second-order valence-corrected chi connectivity index (χ2v) is 9.17. The van der Waals surface area contributed by atoms with Crippen LogP contribution in [0, 0.1) is 6.92 Å². The summed E-state index contributed by atoms with van der Waals surface area (Å²) in [4.78, 5) is 14.1. The molecule has 2 unspecified atom stereocenters. The number of hydrogen-bond acceptors (Lipinski definition) is 5. The molecule has 0 spiro atoms. The minimum absolute atomic E-state index is 0. The number of morpholine rings is 1. The van der Waals surface area contributed by atoms with E-state index in [2.05, 4.69) is 77.6 Å². The first-order valence-corrected chi connectivity index (χ1v) is 11.7. The summed E-state index contributed by atoms with van der Waals surface area (Å²) in [6, 6.07) is 8.65. The van der Waals surface area contributed by atoms with Gasteiger partial charge in [0.15, 0.2) is 5.96 Å². The van der Waals surface area contributed by atoms with Crippen molar-refractivity contribution in [2.24, 2.45) is 4.99 Å². The van der Waals surface area contributed by atoms with E-state index in [1.807, 2.05) is 6.92 Å². The molecule has 1 aliphatic rings. The summed E-state index contributed by atoms with van der Waals surface area (Å²) < 4.78 is 5.89. The fourth-order valence-electron chi connectivity index (χ4n) is 3.95. The maximum absolute atomic E-state index is 5.89. The van der Waals surface area contributed by atoms with Crippen LogP contribution in [0.2, 0.25) is 0 Å². The normalized spacial score (nSPS) is 19.7. The molecule has 0 radical (unpaired) electrons. The summed E-state index contributed by atoms with van der Waals surface area (Å²) in [5.41, 5.74) is 3.70. The van der Waals surface area contributed by atoms with Crippen molar-refractivity contribution >= 4 is 41.3 Å². The van der Waals surface area contributed by atoms with Crippen molar-refractivity contribution in [3.05, 3.63) is 51.5 Å². The van der Waals surface area contributed by atoms with Gasteiger partial charge < -0.3 is 15.0 Å². The maximum atomic E-state index is 5.89. The predicted octanol–water partition coefficient (Wildman–Crippen LogP) is 4.28. The van der Waals surface area contributed by atoms with E-state index < -0.39 is 0 Å². The molecule has 1 aromatic heterocycles. The van der Waals surface area contributed by atoms with Gasteiger partial charge in [-0.05, 0) is 38.8 Å². The van der Waals surface area contributed by atoms with Gasteiger partial charge >= 0.3 is 0 Å². The van der Waals surface area contributed by atoms with E-state index in [0.29, 0.717) is 6.54 Å². The first-order valence-electron chi connectivity index (χ1n) is 10.8. The third kappa shape index (κ3) is 8.00. The van der Waals surface area contributed by atoms with Crippen LogP contribution in [0.4, 0.5) is 0 Å². The number of aryl methyl sites for hydroxylation is 1. The molecule has 2 atom stereocenters. The predicted molar refractivity (Wildman–Crippen MR) is 140 cm³/mol. The molecule has 1 N–H and O–H groups in total. The van der Waals surface area contributed by atoms with Gasteiger partial charge in [-0.2, -0.15) is 0 Å². The number of thiazole rings is 1. The first-order chi connectivity index (χ1) is 14.4. The number of nitrogens with zero attached hydrogens (tertiary/aromatic N) is 4. The largest absolute Gasteiger partial charge is 0.373 e. The summed E-state index contributed by atoms with van der Waals surface area (Å²) in [5, 5.41) is 6.63. The molecule has 172 valence electrons. The van der Waals surface area contributed by atoms with Gasteiger partial charge in [-0.1, -0.05) is 24.3 Å². The molecular formula is C23H36IN5OS. The number of hydrogen-bond donors (Lipinski definition) is 1. The Kier molecular flexibility index (Phi) is 10.7. The van der Waals surface area contributed by atoms with Crippen molar-refractivity contribution < 1.29 is 4.74 Å². The molecule has 2 aromatic rings. The Morgan fingerprint density at radius 3 is 2.55 bits per heavy atom. The van der Waals surface area contributed by atoms with Gasteiger partial charge in [0.05, 0.1) is 36.0 Å². The molecule has 2 heterocycles. The van der Waals surface area contributed by atoms with Gasteiger partial charge in [0.1, 0.15) is 0 Å². The molecule has 0 bridgehead atoms. The highest BCUT2D eigenvalue weighted by atomic mass is 127. The molecule has 1 saturated heterocycles. The number of aliphatic imine (C=N–C) groups is 1. The number of guanidine groups is 1. The molecule has 1 fully saturated rings. The van der Waals surface area contributed by atoms with Crippen molar-refractivity contribution in [2.45, 2.75) is 59.5 Å². The van der Waals surface area contributed by atoms with Gasteiger partial charge in [-0.15, -0.1) is 35.3 Å². The number of benzene rings is 1. The van der Waals surface area contributed by atoms with Crippen LogP contribution in [-0.4, -0.2) is 59.6 Å². The highest BCUT2D eigenvalue weighted by molar-refractivity contribution is 14.0. The highest BCUT2D eigenvalue weighted by Crippen LogP contribution is 2.18. The number of nitrogens with one attached hydrogen (secondary N) is 1. The Balaban J connectivity index is 0.00000341. The van der Waals surface area contributed by atoms with Gasteiger partial charge in [-0.3, -0.25) is 4.90 Å². The van der Waals surface area contributed by atoms with E-state index in [1.54, 1.807) is 11.3 Å². The quantitative estimate of drug-likeness (QED) is 0.313. The van der Waals surface area contributed by atoms with Crippen molar-refractivity contribution in [1.29, 1.82) is 0 Å². The van der Waals surface area contributed by atoms with E-state index in [1.165, 1.54) is 11.1 Å².